The van der Waals surface area contributed by atoms with Gasteiger partial charge in [-0.2, -0.15) is 0 Å². The number of aromatic amines is 1. The van der Waals surface area contributed by atoms with Gasteiger partial charge in [0, 0.05) is 22.7 Å². The average molecular weight is 350 g/mol. The SMILES string of the molecule is O=C(Nc1ccc(F)cc1F)Nc1c[nH]c2cc(Cl)ccc2c1=O. The zero-order chi connectivity index (χ0) is 17.3. The molecule has 122 valence electrons. The zero-order valence-electron chi connectivity index (χ0n) is 12.0. The number of halogens is 3. The lowest BCUT2D eigenvalue weighted by molar-refractivity contribution is 0.262. The molecule has 1 heterocycles. The zero-order valence-corrected chi connectivity index (χ0v) is 12.7. The van der Waals surface area contributed by atoms with E-state index < -0.39 is 23.1 Å². The average Bonchev–Trinajstić information content (AvgIpc) is 2.53. The fourth-order valence-corrected chi connectivity index (χ4v) is 2.33. The number of H-pyrrole nitrogens is 1. The first-order valence-electron chi connectivity index (χ1n) is 6.78. The molecule has 5 nitrogen and oxygen atoms in total. The standard InChI is InChI=1S/C16H10ClF2N3O2/c17-8-1-3-10-13(5-8)20-7-14(15(10)23)22-16(24)21-12-4-2-9(18)6-11(12)19/h1-7H,(H,20,23)(H2,21,22,24). The molecular weight excluding hydrogens is 340 g/mol. The van der Waals surface area contributed by atoms with Gasteiger partial charge in [0.2, 0.25) is 5.43 Å². The van der Waals surface area contributed by atoms with Gasteiger partial charge in [0.05, 0.1) is 11.2 Å². The van der Waals surface area contributed by atoms with Crippen molar-refractivity contribution in [3.63, 3.8) is 0 Å². The number of hydrogen-bond donors (Lipinski definition) is 3. The van der Waals surface area contributed by atoms with Crippen LogP contribution in [0.1, 0.15) is 0 Å². The Bertz CT molecular complexity index is 1000. The maximum Gasteiger partial charge on any atom is 0.323 e. The molecule has 0 saturated carbocycles. The largest absolute Gasteiger partial charge is 0.359 e. The maximum absolute atomic E-state index is 13.5. The highest BCUT2D eigenvalue weighted by Gasteiger charge is 2.11. The van der Waals surface area contributed by atoms with Crippen LogP contribution >= 0.6 is 11.6 Å². The van der Waals surface area contributed by atoms with Gasteiger partial charge in [-0.25, -0.2) is 13.6 Å². The van der Waals surface area contributed by atoms with E-state index in [0.29, 0.717) is 22.0 Å². The highest BCUT2D eigenvalue weighted by molar-refractivity contribution is 6.31. The van der Waals surface area contributed by atoms with Gasteiger partial charge in [-0.05, 0) is 30.3 Å². The molecule has 0 atom stereocenters. The van der Waals surface area contributed by atoms with Crippen LogP contribution in [0.3, 0.4) is 0 Å². The molecule has 0 aliphatic rings. The Morgan fingerprint density at radius 3 is 2.54 bits per heavy atom. The van der Waals surface area contributed by atoms with Crippen molar-refractivity contribution in [2.45, 2.75) is 0 Å². The number of urea groups is 1. The van der Waals surface area contributed by atoms with Gasteiger partial charge in [-0.3, -0.25) is 4.79 Å². The van der Waals surface area contributed by atoms with Crippen LogP contribution in [0.2, 0.25) is 5.02 Å². The van der Waals surface area contributed by atoms with Gasteiger partial charge in [0.25, 0.3) is 0 Å². The summed E-state index contributed by atoms with van der Waals surface area (Å²) in [6, 6.07) is 6.55. The monoisotopic (exact) mass is 349 g/mol. The number of carbonyl (C=O) groups excluding carboxylic acids is 1. The second-order valence-corrected chi connectivity index (χ2v) is 5.36. The molecule has 0 aliphatic heterocycles. The van der Waals surface area contributed by atoms with Gasteiger partial charge < -0.3 is 15.6 Å². The van der Waals surface area contributed by atoms with E-state index in [-0.39, 0.29) is 11.4 Å². The van der Waals surface area contributed by atoms with Gasteiger partial charge >= 0.3 is 6.03 Å². The normalized spacial score (nSPS) is 10.6. The topological polar surface area (TPSA) is 74.0 Å². The second-order valence-electron chi connectivity index (χ2n) is 4.92. The third-order valence-corrected chi connectivity index (χ3v) is 3.51. The summed E-state index contributed by atoms with van der Waals surface area (Å²) in [4.78, 5) is 27.1. The Morgan fingerprint density at radius 1 is 1.04 bits per heavy atom. The van der Waals surface area contributed by atoms with Crippen molar-refractivity contribution >= 4 is 39.9 Å². The summed E-state index contributed by atoms with van der Waals surface area (Å²) in [5.74, 6) is -1.68. The van der Waals surface area contributed by atoms with Crippen LogP contribution in [0.5, 0.6) is 0 Å². The molecule has 0 fully saturated rings. The van der Waals surface area contributed by atoms with Crippen LogP contribution in [-0.4, -0.2) is 11.0 Å². The van der Waals surface area contributed by atoms with E-state index in [1.165, 1.54) is 12.3 Å². The lowest BCUT2D eigenvalue weighted by Gasteiger charge is -2.09. The van der Waals surface area contributed by atoms with Crippen molar-refractivity contribution in [2.24, 2.45) is 0 Å². The van der Waals surface area contributed by atoms with Crippen LogP contribution in [0.4, 0.5) is 25.0 Å². The predicted molar refractivity (Wildman–Crippen MR) is 88.6 cm³/mol. The molecular formula is C16H10ClF2N3O2. The van der Waals surface area contributed by atoms with E-state index in [1.54, 1.807) is 12.1 Å². The fourth-order valence-electron chi connectivity index (χ4n) is 2.15. The van der Waals surface area contributed by atoms with E-state index >= 15 is 0 Å². The Morgan fingerprint density at radius 2 is 1.79 bits per heavy atom. The Kier molecular flexibility index (Phi) is 4.18. The number of carbonyl (C=O) groups is 1. The predicted octanol–water partition coefficient (Wildman–Crippen LogP) is 4.10. The molecule has 24 heavy (non-hydrogen) atoms. The summed E-state index contributed by atoms with van der Waals surface area (Å²) in [6.45, 7) is 0. The van der Waals surface area contributed by atoms with Crippen molar-refractivity contribution in [1.29, 1.82) is 0 Å². The molecule has 0 radical (unpaired) electrons. The Hall–Kier alpha value is -2.93. The summed E-state index contributed by atoms with van der Waals surface area (Å²) >= 11 is 5.85. The van der Waals surface area contributed by atoms with E-state index in [9.17, 15) is 18.4 Å². The lowest BCUT2D eigenvalue weighted by atomic mass is 10.2. The van der Waals surface area contributed by atoms with Crippen LogP contribution < -0.4 is 16.1 Å². The van der Waals surface area contributed by atoms with E-state index in [1.807, 2.05) is 0 Å². The quantitative estimate of drug-likeness (QED) is 0.651. The molecule has 0 spiro atoms. The number of benzene rings is 2. The molecule has 3 rings (SSSR count). The molecule has 3 aromatic rings. The van der Waals surface area contributed by atoms with Crippen molar-refractivity contribution in [3.05, 3.63) is 69.5 Å². The first kappa shape index (κ1) is 15.9. The molecule has 0 bridgehead atoms. The summed E-state index contributed by atoms with van der Waals surface area (Å²) in [6.07, 6.45) is 1.31. The lowest BCUT2D eigenvalue weighted by Crippen LogP contribution is -2.24. The highest BCUT2D eigenvalue weighted by Crippen LogP contribution is 2.17. The minimum absolute atomic E-state index is 0.0233. The molecule has 8 heteroatoms. The number of rotatable bonds is 2. The van der Waals surface area contributed by atoms with Crippen molar-refractivity contribution in [3.8, 4) is 0 Å². The van der Waals surface area contributed by atoms with Gasteiger partial charge in [0.1, 0.15) is 17.3 Å². The maximum atomic E-state index is 13.5. The number of hydrogen-bond acceptors (Lipinski definition) is 2. The fraction of sp³-hybridized carbons (Fsp3) is 0. The molecule has 0 saturated heterocycles. The molecule has 3 N–H and O–H groups in total. The van der Waals surface area contributed by atoms with Gasteiger partial charge in [-0.1, -0.05) is 11.6 Å². The Labute approximate surface area is 139 Å². The molecule has 0 aliphatic carbocycles. The second kappa shape index (κ2) is 6.29. The number of aromatic nitrogens is 1. The molecule has 2 aromatic carbocycles. The van der Waals surface area contributed by atoms with Crippen molar-refractivity contribution in [2.75, 3.05) is 10.6 Å². The van der Waals surface area contributed by atoms with Crippen LogP contribution in [-0.2, 0) is 0 Å². The van der Waals surface area contributed by atoms with E-state index in [4.69, 9.17) is 11.6 Å². The first-order chi connectivity index (χ1) is 11.4. The first-order valence-corrected chi connectivity index (χ1v) is 7.16. The summed E-state index contributed by atoms with van der Waals surface area (Å²) in [7, 11) is 0. The number of fused-ring (bicyclic) bond motifs is 1. The molecule has 0 unspecified atom stereocenters. The minimum atomic E-state index is -0.924. The molecule has 2 amide bonds. The van der Waals surface area contributed by atoms with Crippen molar-refractivity contribution in [1.82, 2.24) is 4.98 Å². The number of nitrogens with one attached hydrogen (secondary N) is 3. The van der Waals surface area contributed by atoms with Crippen LogP contribution in [0.25, 0.3) is 10.9 Å². The third-order valence-electron chi connectivity index (χ3n) is 3.27. The number of anilines is 2. The minimum Gasteiger partial charge on any atom is -0.359 e. The summed E-state index contributed by atoms with van der Waals surface area (Å²) < 4.78 is 26.4. The smallest absolute Gasteiger partial charge is 0.323 e. The highest BCUT2D eigenvalue weighted by atomic mass is 35.5. The van der Waals surface area contributed by atoms with Crippen molar-refractivity contribution < 1.29 is 13.6 Å². The van der Waals surface area contributed by atoms with Gasteiger partial charge in [-0.15, -0.1) is 0 Å². The van der Waals surface area contributed by atoms with Crippen LogP contribution in [0, 0.1) is 11.6 Å². The van der Waals surface area contributed by atoms with Crippen LogP contribution in [0.15, 0.2) is 47.4 Å². The van der Waals surface area contributed by atoms with E-state index in [0.717, 1.165) is 12.1 Å². The molecule has 1 aromatic heterocycles. The third kappa shape index (κ3) is 3.21. The number of pyridine rings is 1. The Balaban J connectivity index is 1.84. The van der Waals surface area contributed by atoms with Gasteiger partial charge in [0.15, 0.2) is 0 Å². The number of amides is 2. The van der Waals surface area contributed by atoms with E-state index in [2.05, 4.69) is 15.6 Å². The summed E-state index contributed by atoms with van der Waals surface area (Å²) in [5.41, 5.74) is -0.138. The summed E-state index contributed by atoms with van der Waals surface area (Å²) in [5, 5.41) is 5.32.